The molecule has 5 heteroatoms. The van der Waals surface area contributed by atoms with Gasteiger partial charge in [-0.1, -0.05) is 6.42 Å². The van der Waals surface area contributed by atoms with E-state index in [0.29, 0.717) is 30.6 Å². The third-order valence-electron chi connectivity index (χ3n) is 5.54. The number of hydrogen-bond donors (Lipinski definition) is 0. The minimum absolute atomic E-state index is 0.333. The van der Waals surface area contributed by atoms with Crippen molar-refractivity contribution in [3.63, 3.8) is 0 Å². The zero-order valence-corrected chi connectivity index (χ0v) is 15.4. The van der Waals surface area contributed by atoms with Gasteiger partial charge in [0.2, 0.25) is 0 Å². The molecule has 2 aromatic rings. The predicted molar refractivity (Wildman–Crippen MR) is 96.0 cm³/mol. The van der Waals surface area contributed by atoms with Crippen LogP contribution in [0.5, 0.6) is 11.5 Å². The monoisotopic (exact) mass is 341 g/mol. The van der Waals surface area contributed by atoms with Crippen molar-refractivity contribution in [1.29, 1.82) is 0 Å². The Morgan fingerprint density at radius 3 is 2.36 bits per heavy atom. The van der Waals surface area contributed by atoms with Gasteiger partial charge >= 0.3 is 0 Å². The second-order valence-corrected chi connectivity index (χ2v) is 7.59. The largest absolute Gasteiger partial charge is 0.494 e. The van der Waals surface area contributed by atoms with Crippen LogP contribution in [0.4, 0.5) is 0 Å². The molecule has 1 spiro atoms. The first kappa shape index (κ1) is 16.4. The Bertz CT molecular complexity index is 732. The minimum atomic E-state index is 0.333. The van der Waals surface area contributed by atoms with E-state index >= 15 is 0 Å². The summed E-state index contributed by atoms with van der Waals surface area (Å²) < 4.78 is 13.4. The summed E-state index contributed by atoms with van der Waals surface area (Å²) in [5.41, 5.74) is 0.562. The van der Waals surface area contributed by atoms with Crippen molar-refractivity contribution in [3.8, 4) is 11.5 Å². The van der Waals surface area contributed by atoms with Crippen LogP contribution in [0.2, 0.25) is 0 Å². The highest BCUT2D eigenvalue weighted by Crippen LogP contribution is 2.69. The molecule has 2 fully saturated rings. The van der Waals surface area contributed by atoms with Gasteiger partial charge in [0.05, 0.1) is 6.61 Å². The third kappa shape index (κ3) is 3.12. The highest BCUT2D eigenvalue weighted by atomic mass is 16.5. The van der Waals surface area contributed by atoms with E-state index in [1.165, 1.54) is 31.5 Å². The van der Waals surface area contributed by atoms with Crippen LogP contribution >= 0.6 is 0 Å². The Kier molecular flexibility index (Phi) is 4.18. The summed E-state index contributed by atoms with van der Waals surface area (Å²) in [6.07, 6.45) is 5.39. The van der Waals surface area contributed by atoms with E-state index in [1.807, 2.05) is 31.2 Å². The average molecular weight is 341 g/mol. The van der Waals surface area contributed by atoms with Crippen LogP contribution in [-0.4, -0.2) is 21.4 Å². The molecule has 5 nitrogen and oxygen atoms in total. The predicted octanol–water partition coefficient (Wildman–Crippen LogP) is 4.49. The molecule has 4 rings (SSSR count). The van der Waals surface area contributed by atoms with Crippen LogP contribution in [0, 0.1) is 5.41 Å². The number of hydrogen-bond acceptors (Lipinski definition) is 4. The van der Waals surface area contributed by atoms with Crippen LogP contribution in [-0.2, 0) is 6.61 Å². The summed E-state index contributed by atoms with van der Waals surface area (Å²) in [6, 6.07) is 8.04. The topological polar surface area (TPSA) is 49.2 Å². The van der Waals surface area contributed by atoms with Gasteiger partial charge in [-0.3, -0.25) is 0 Å². The first-order valence-corrected chi connectivity index (χ1v) is 9.42. The molecule has 25 heavy (non-hydrogen) atoms. The highest BCUT2D eigenvalue weighted by molar-refractivity contribution is 5.31. The van der Waals surface area contributed by atoms with Gasteiger partial charge in [-0.05, 0) is 69.7 Å². The highest BCUT2D eigenvalue weighted by Gasteiger charge is 2.60. The van der Waals surface area contributed by atoms with Gasteiger partial charge in [-0.25, -0.2) is 9.67 Å². The lowest BCUT2D eigenvalue weighted by atomic mass is 9.79. The molecule has 1 aromatic carbocycles. The van der Waals surface area contributed by atoms with Crippen molar-refractivity contribution in [2.45, 2.75) is 65.0 Å². The van der Waals surface area contributed by atoms with E-state index in [2.05, 4.69) is 18.5 Å². The van der Waals surface area contributed by atoms with Crippen LogP contribution in [0.1, 0.15) is 70.1 Å². The zero-order valence-electron chi connectivity index (χ0n) is 15.4. The summed E-state index contributed by atoms with van der Waals surface area (Å²) in [6.45, 7) is 7.39. The van der Waals surface area contributed by atoms with Crippen molar-refractivity contribution in [1.82, 2.24) is 14.8 Å². The van der Waals surface area contributed by atoms with Crippen molar-refractivity contribution in [3.05, 3.63) is 35.9 Å². The van der Waals surface area contributed by atoms with E-state index in [4.69, 9.17) is 19.6 Å². The molecule has 0 N–H and O–H groups in total. The van der Waals surface area contributed by atoms with E-state index in [-0.39, 0.29) is 0 Å². The lowest BCUT2D eigenvalue weighted by molar-refractivity contribution is 0.272. The van der Waals surface area contributed by atoms with E-state index in [9.17, 15) is 0 Å². The second-order valence-electron chi connectivity index (χ2n) is 7.59. The summed E-state index contributed by atoms with van der Waals surface area (Å²) in [5, 5.41) is 4.71. The molecule has 0 radical (unpaired) electrons. The summed E-state index contributed by atoms with van der Waals surface area (Å²) >= 11 is 0. The molecule has 1 atom stereocenters. The van der Waals surface area contributed by atoms with E-state index in [1.54, 1.807) is 0 Å². The van der Waals surface area contributed by atoms with Gasteiger partial charge in [-0.2, -0.15) is 5.10 Å². The standard InChI is InChI=1S/C20H27N3O2/c1-4-24-15-6-8-16(9-7-15)25-13-18-21-19(23(22-18)14(2)3)17-12-20(17)10-5-11-20/h6-9,14,17H,4-5,10-13H2,1-3H3. The molecule has 2 saturated carbocycles. The molecule has 0 bridgehead atoms. The second kappa shape index (κ2) is 6.36. The molecular formula is C20H27N3O2. The molecule has 2 aliphatic carbocycles. The molecule has 1 heterocycles. The maximum absolute atomic E-state index is 5.87. The number of benzene rings is 1. The molecule has 2 aliphatic rings. The zero-order chi connectivity index (χ0) is 17.4. The van der Waals surface area contributed by atoms with Crippen molar-refractivity contribution in [2.24, 2.45) is 5.41 Å². The number of aromatic nitrogens is 3. The Hall–Kier alpha value is -2.04. The number of ether oxygens (including phenoxy) is 2. The van der Waals surface area contributed by atoms with Crippen molar-refractivity contribution < 1.29 is 9.47 Å². The van der Waals surface area contributed by atoms with E-state index < -0.39 is 0 Å². The Labute approximate surface area is 149 Å². The fourth-order valence-electron chi connectivity index (χ4n) is 3.90. The lowest BCUT2D eigenvalue weighted by Gasteiger charge is -2.26. The number of nitrogens with zero attached hydrogens (tertiary/aromatic N) is 3. The quantitative estimate of drug-likeness (QED) is 0.744. The van der Waals surface area contributed by atoms with Crippen molar-refractivity contribution >= 4 is 0 Å². The summed E-state index contributed by atoms with van der Waals surface area (Å²) in [4.78, 5) is 4.83. The van der Waals surface area contributed by atoms with Gasteiger partial charge < -0.3 is 9.47 Å². The molecule has 1 unspecified atom stereocenters. The smallest absolute Gasteiger partial charge is 0.188 e. The average Bonchev–Trinajstić information content (AvgIpc) is 3.20. The molecule has 1 aromatic heterocycles. The molecule has 0 amide bonds. The lowest BCUT2D eigenvalue weighted by Crippen LogP contribution is -2.16. The Morgan fingerprint density at radius 1 is 1.16 bits per heavy atom. The minimum Gasteiger partial charge on any atom is -0.494 e. The fourth-order valence-corrected chi connectivity index (χ4v) is 3.90. The number of rotatable bonds is 7. The molecular weight excluding hydrogens is 314 g/mol. The van der Waals surface area contributed by atoms with Crippen molar-refractivity contribution in [2.75, 3.05) is 6.61 Å². The Morgan fingerprint density at radius 2 is 1.84 bits per heavy atom. The normalized spacial score (nSPS) is 20.6. The molecule has 134 valence electrons. The summed E-state index contributed by atoms with van der Waals surface area (Å²) in [5.74, 6) is 4.22. The van der Waals surface area contributed by atoms with Crippen LogP contribution in [0.25, 0.3) is 0 Å². The molecule has 0 aliphatic heterocycles. The molecule has 0 saturated heterocycles. The fraction of sp³-hybridized carbons (Fsp3) is 0.600. The third-order valence-corrected chi connectivity index (χ3v) is 5.54. The van der Waals surface area contributed by atoms with Crippen LogP contribution in [0.3, 0.4) is 0 Å². The van der Waals surface area contributed by atoms with Gasteiger partial charge in [0, 0.05) is 12.0 Å². The Balaban J connectivity index is 1.44. The van der Waals surface area contributed by atoms with Gasteiger partial charge in [0.15, 0.2) is 5.82 Å². The van der Waals surface area contributed by atoms with Gasteiger partial charge in [0.1, 0.15) is 23.9 Å². The van der Waals surface area contributed by atoms with Gasteiger partial charge in [0.25, 0.3) is 0 Å². The maximum atomic E-state index is 5.87. The summed E-state index contributed by atoms with van der Waals surface area (Å²) in [7, 11) is 0. The van der Waals surface area contributed by atoms with Crippen LogP contribution in [0.15, 0.2) is 24.3 Å². The SMILES string of the molecule is CCOc1ccc(OCc2nc(C3CC34CCC4)n(C(C)C)n2)cc1. The van der Waals surface area contributed by atoms with Crippen LogP contribution < -0.4 is 9.47 Å². The first-order chi connectivity index (χ1) is 12.1. The first-order valence-electron chi connectivity index (χ1n) is 9.42. The van der Waals surface area contributed by atoms with E-state index in [0.717, 1.165) is 17.3 Å². The van der Waals surface area contributed by atoms with Gasteiger partial charge in [-0.15, -0.1) is 0 Å². The maximum Gasteiger partial charge on any atom is 0.188 e.